The van der Waals surface area contributed by atoms with Crippen LogP contribution in [0.2, 0.25) is 0 Å². The maximum absolute atomic E-state index is 10.2. The molecular weight excluding hydrogens is 136 g/mol. The molecule has 1 N–H and O–H groups in total. The van der Waals surface area contributed by atoms with Crippen molar-refractivity contribution < 1.29 is 4.92 Å². The number of nitrogens with zero attached hydrogens (tertiary/aromatic N) is 3. The van der Waals surface area contributed by atoms with Gasteiger partial charge in [0.15, 0.2) is 0 Å². The first-order chi connectivity index (χ1) is 4.75. The minimum atomic E-state index is -0.870. The first kappa shape index (κ1) is 6.79. The first-order valence-corrected chi connectivity index (χ1v) is 2.93. The number of hydrogen-bond donors (Lipinski definition) is 1. The molecule has 6 nitrogen and oxygen atoms in total. The van der Waals surface area contributed by atoms with Gasteiger partial charge in [0.05, 0.1) is 4.92 Å². The van der Waals surface area contributed by atoms with E-state index in [1.807, 2.05) is 6.92 Å². The SMILES string of the molecule is CCN1C=NNC1[N+](=O)[O-]. The van der Waals surface area contributed by atoms with Crippen molar-refractivity contribution in [1.29, 1.82) is 0 Å². The minimum absolute atomic E-state index is 0.420. The standard InChI is InChI=1S/C4H8N4O2/c1-2-7-3-5-6-4(7)8(9)10/h3-4,6H,2H2,1H3. The zero-order valence-electron chi connectivity index (χ0n) is 5.52. The zero-order chi connectivity index (χ0) is 7.56. The summed E-state index contributed by atoms with van der Waals surface area (Å²) in [7, 11) is 0. The fourth-order valence-corrected chi connectivity index (χ4v) is 0.734. The molecule has 6 heteroatoms. The van der Waals surface area contributed by atoms with Crippen molar-refractivity contribution in [2.45, 2.75) is 13.2 Å². The Kier molecular flexibility index (Phi) is 1.70. The van der Waals surface area contributed by atoms with Gasteiger partial charge in [0.2, 0.25) is 0 Å². The summed E-state index contributed by atoms with van der Waals surface area (Å²) < 4.78 is 0. The number of hydrogen-bond acceptors (Lipinski definition) is 5. The average Bonchev–Trinajstić information content (AvgIpc) is 2.33. The van der Waals surface area contributed by atoms with Gasteiger partial charge < -0.3 is 0 Å². The molecule has 1 aliphatic heterocycles. The molecule has 0 spiro atoms. The number of hydrazone groups is 1. The molecule has 0 bridgehead atoms. The van der Waals surface area contributed by atoms with Gasteiger partial charge in [-0.3, -0.25) is 15.0 Å². The largest absolute Gasteiger partial charge is 0.381 e. The number of nitro groups is 1. The van der Waals surface area contributed by atoms with Crippen LogP contribution in [0.15, 0.2) is 5.10 Å². The van der Waals surface area contributed by atoms with E-state index in [1.165, 1.54) is 11.2 Å². The molecule has 1 unspecified atom stereocenters. The van der Waals surface area contributed by atoms with Gasteiger partial charge in [-0.2, -0.15) is 5.10 Å². The second-order valence-corrected chi connectivity index (χ2v) is 1.86. The van der Waals surface area contributed by atoms with Crippen molar-refractivity contribution in [3.05, 3.63) is 10.1 Å². The summed E-state index contributed by atoms with van der Waals surface area (Å²) in [5.41, 5.74) is 2.35. The van der Waals surface area contributed by atoms with Crippen LogP contribution in [0.1, 0.15) is 6.92 Å². The molecule has 1 rings (SSSR count). The van der Waals surface area contributed by atoms with E-state index in [2.05, 4.69) is 10.5 Å². The van der Waals surface area contributed by atoms with Crippen molar-refractivity contribution in [2.75, 3.05) is 6.54 Å². The average molecular weight is 144 g/mol. The molecule has 1 atom stereocenters. The van der Waals surface area contributed by atoms with Crippen molar-refractivity contribution in [3.63, 3.8) is 0 Å². The lowest BCUT2D eigenvalue weighted by Crippen LogP contribution is -2.42. The van der Waals surface area contributed by atoms with Gasteiger partial charge in [-0.1, -0.05) is 0 Å². The highest BCUT2D eigenvalue weighted by Gasteiger charge is 2.28. The van der Waals surface area contributed by atoms with Crippen LogP contribution in [0.5, 0.6) is 0 Å². The molecule has 0 fully saturated rings. The van der Waals surface area contributed by atoms with Crippen LogP contribution in [0.25, 0.3) is 0 Å². The fourth-order valence-electron chi connectivity index (χ4n) is 0.734. The number of rotatable bonds is 2. The minimum Gasteiger partial charge on any atom is -0.279 e. The van der Waals surface area contributed by atoms with E-state index >= 15 is 0 Å². The Hall–Kier alpha value is -1.33. The van der Waals surface area contributed by atoms with E-state index in [0.717, 1.165) is 0 Å². The van der Waals surface area contributed by atoms with E-state index in [-0.39, 0.29) is 0 Å². The van der Waals surface area contributed by atoms with E-state index in [1.54, 1.807) is 0 Å². The summed E-state index contributed by atoms with van der Waals surface area (Å²) in [6.45, 7) is 2.41. The van der Waals surface area contributed by atoms with Crippen LogP contribution in [0.4, 0.5) is 0 Å². The zero-order valence-corrected chi connectivity index (χ0v) is 5.52. The van der Waals surface area contributed by atoms with Crippen molar-refractivity contribution in [1.82, 2.24) is 10.3 Å². The molecule has 0 aromatic carbocycles. The van der Waals surface area contributed by atoms with Crippen molar-refractivity contribution in [3.8, 4) is 0 Å². The Morgan fingerprint density at radius 2 is 2.70 bits per heavy atom. The van der Waals surface area contributed by atoms with Gasteiger partial charge >= 0.3 is 6.29 Å². The topological polar surface area (TPSA) is 70.8 Å². The Bertz CT molecular complexity index is 169. The quantitative estimate of drug-likeness (QED) is 0.415. The molecule has 0 amide bonds. The Morgan fingerprint density at radius 1 is 2.00 bits per heavy atom. The highest BCUT2D eigenvalue weighted by molar-refractivity contribution is 5.56. The summed E-state index contributed by atoms with van der Waals surface area (Å²) in [4.78, 5) is 11.3. The predicted octanol–water partition coefficient (Wildman–Crippen LogP) is -0.585. The van der Waals surface area contributed by atoms with Gasteiger partial charge in [-0.05, 0) is 6.92 Å². The molecule has 0 aliphatic carbocycles. The van der Waals surface area contributed by atoms with Crippen LogP contribution < -0.4 is 5.43 Å². The van der Waals surface area contributed by atoms with Gasteiger partial charge in [0, 0.05) is 6.54 Å². The lowest BCUT2D eigenvalue weighted by Gasteiger charge is -2.13. The predicted molar refractivity (Wildman–Crippen MR) is 34.8 cm³/mol. The second-order valence-electron chi connectivity index (χ2n) is 1.86. The maximum Gasteiger partial charge on any atom is 0.381 e. The monoisotopic (exact) mass is 144 g/mol. The smallest absolute Gasteiger partial charge is 0.279 e. The highest BCUT2D eigenvalue weighted by Crippen LogP contribution is 1.98. The summed E-state index contributed by atoms with van der Waals surface area (Å²) in [5, 5.41) is 13.7. The highest BCUT2D eigenvalue weighted by atomic mass is 16.6. The van der Waals surface area contributed by atoms with Crippen LogP contribution in [0.3, 0.4) is 0 Å². The van der Waals surface area contributed by atoms with Crippen LogP contribution >= 0.6 is 0 Å². The lowest BCUT2D eigenvalue weighted by molar-refractivity contribution is -0.549. The van der Waals surface area contributed by atoms with E-state index in [4.69, 9.17) is 0 Å². The Labute approximate surface area is 57.7 Å². The molecule has 10 heavy (non-hydrogen) atoms. The second kappa shape index (κ2) is 2.51. The van der Waals surface area contributed by atoms with E-state index < -0.39 is 11.2 Å². The van der Waals surface area contributed by atoms with E-state index in [9.17, 15) is 10.1 Å². The van der Waals surface area contributed by atoms with E-state index in [0.29, 0.717) is 6.54 Å². The van der Waals surface area contributed by atoms with Gasteiger partial charge in [0.25, 0.3) is 0 Å². The molecule has 1 heterocycles. The third kappa shape index (κ3) is 0.996. The summed E-state index contributed by atoms with van der Waals surface area (Å²) in [5.74, 6) is 0. The lowest BCUT2D eigenvalue weighted by atomic mass is 10.6. The third-order valence-electron chi connectivity index (χ3n) is 1.28. The molecule has 0 saturated carbocycles. The molecular formula is C4H8N4O2. The van der Waals surface area contributed by atoms with Gasteiger partial charge in [-0.15, -0.1) is 0 Å². The summed E-state index contributed by atoms with van der Waals surface area (Å²) >= 11 is 0. The van der Waals surface area contributed by atoms with Gasteiger partial charge in [0.1, 0.15) is 6.34 Å². The molecule has 0 radical (unpaired) electrons. The molecule has 1 aliphatic rings. The first-order valence-electron chi connectivity index (χ1n) is 2.93. The summed E-state index contributed by atoms with van der Waals surface area (Å²) in [6.07, 6.45) is 0.554. The molecule has 0 aromatic heterocycles. The van der Waals surface area contributed by atoms with Gasteiger partial charge in [-0.25, -0.2) is 5.43 Å². The summed E-state index contributed by atoms with van der Waals surface area (Å²) in [6, 6.07) is 0. The fraction of sp³-hybridized carbons (Fsp3) is 0.750. The van der Waals surface area contributed by atoms with Crippen molar-refractivity contribution >= 4 is 6.34 Å². The van der Waals surface area contributed by atoms with Crippen LogP contribution in [0, 0.1) is 10.1 Å². The maximum atomic E-state index is 10.2. The molecule has 56 valence electrons. The Morgan fingerprint density at radius 3 is 3.10 bits per heavy atom. The number of nitrogens with one attached hydrogen (secondary N) is 1. The molecule has 0 saturated heterocycles. The Balaban J connectivity index is 2.56. The normalized spacial score (nSPS) is 22.9. The van der Waals surface area contributed by atoms with Crippen LogP contribution in [-0.2, 0) is 0 Å². The van der Waals surface area contributed by atoms with Crippen LogP contribution in [-0.4, -0.2) is 29.0 Å². The molecule has 0 aromatic rings. The third-order valence-corrected chi connectivity index (χ3v) is 1.28. The van der Waals surface area contributed by atoms with Crippen molar-refractivity contribution in [2.24, 2.45) is 5.10 Å².